The first-order valence-corrected chi connectivity index (χ1v) is 9.88. The molecule has 0 radical (unpaired) electrons. The number of hydrogen-bond donors (Lipinski definition) is 1. The minimum absolute atomic E-state index is 0.368. The van der Waals surface area contributed by atoms with Crippen LogP contribution < -0.4 is 0 Å². The fourth-order valence-electron chi connectivity index (χ4n) is 2.67. The van der Waals surface area contributed by atoms with Gasteiger partial charge in [0.15, 0.2) is 0 Å². The topological polar surface area (TPSA) is 32.9 Å². The predicted octanol–water partition coefficient (Wildman–Crippen LogP) is 7.03. The SMILES string of the molecule is CCCCCCCCCCCCc1ccc(C(=O)C(Cl)(Cl)Cl)[nH]1. The molecule has 0 fully saturated rings. The Morgan fingerprint density at radius 1 is 0.913 bits per heavy atom. The molecule has 0 saturated heterocycles. The third-order valence-electron chi connectivity index (χ3n) is 4.05. The summed E-state index contributed by atoms with van der Waals surface area (Å²) in [7, 11) is 0. The summed E-state index contributed by atoms with van der Waals surface area (Å²) in [6, 6.07) is 3.59. The molecule has 1 N–H and O–H groups in total. The lowest BCUT2D eigenvalue weighted by Crippen LogP contribution is -2.19. The van der Waals surface area contributed by atoms with Gasteiger partial charge >= 0.3 is 0 Å². The molecule has 0 amide bonds. The molecule has 0 bridgehead atoms. The lowest BCUT2D eigenvalue weighted by molar-refractivity contribution is 0.0992. The van der Waals surface area contributed by atoms with Crippen molar-refractivity contribution in [1.29, 1.82) is 0 Å². The second-order valence-corrected chi connectivity index (χ2v) is 8.44. The Morgan fingerprint density at radius 3 is 1.96 bits per heavy atom. The molecule has 2 nitrogen and oxygen atoms in total. The Bertz CT molecular complexity index is 451. The van der Waals surface area contributed by atoms with E-state index in [1.54, 1.807) is 6.07 Å². The summed E-state index contributed by atoms with van der Waals surface area (Å²) >= 11 is 16.8. The summed E-state index contributed by atoms with van der Waals surface area (Å²) in [6.07, 6.45) is 14.1. The van der Waals surface area contributed by atoms with Gasteiger partial charge in [-0.2, -0.15) is 0 Å². The lowest BCUT2D eigenvalue weighted by Gasteiger charge is -2.07. The Hall–Kier alpha value is -0.180. The number of aryl methyl sites for hydroxylation is 1. The van der Waals surface area contributed by atoms with Crippen LogP contribution in [0, 0.1) is 0 Å². The van der Waals surface area contributed by atoms with E-state index >= 15 is 0 Å². The van der Waals surface area contributed by atoms with E-state index in [4.69, 9.17) is 34.8 Å². The van der Waals surface area contributed by atoms with Gasteiger partial charge in [0.2, 0.25) is 5.78 Å². The first-order valence-electron chi connectivity index (χ1n) is 8.74. The number of ketones is 1. The minimum atomic E-state index is -1.89. The molecule has 0 unspecified atom stereocenters. The van der Waals surface area contributed by atoms with Gasteiger partial charge in [-0.25, -0.2) is 0 Å². The number of Topliss-reactive ketones (excluding diaryl/α,β-unsaturated/α-hetero) is 1. The van der Waals surface area contributed by atoms with Crippen molar-refractivity contribution in [3.8, 4) is 0 Å². The highest BCUT2D eigenvalue weighted by Crippen LogP contribution is 2.30. The molecule has 0 aliphatic carbocycles. The number of rotatable bonds is 12. The molecule has 1 rings (SSSR count). The number of carbonyl (C=O) groups is 1. The highest BCUT2D eigenvalue weighted by atomic mass is 35.6. The second-order valence-electron chi connectivity index (χ2n) is 6.16. The van der Waals surface area contributed by atoms with Gasteiger partial charge in [-0.1, -0.05) is 99.5 Å². The van der Waals surface area contributed by atoms with Crippen molar-refractivity contribution in [2.75, 3.05) is 0 Å². The molecule has 0 aliphatic heterocycles. The molecule has 0 saturated carbocycles. The third-order valence-corrected chi connectivity index (χ3v) is 4.56. The van der Waals surface area contributed by atoms with Crippen molar-refractivity contribution in [2.24, 2.45) is 0 Å². The molecule has 1 aromatic rings. The van der Waals surface area contributed by atoms with Crippen LogP contribution in [-0.4, -0.2) is 14.6 Å². The van der Waals surface area contributed by atoms with Crippen LogP contribution in [0.1, 0.15) is 87.3 Å². The molecule has 1 aromatic heterocycles. The van der Waals surface area contributed by atoms with Crippen LogP contribution in [0.5, 0.6) is 0 Å². The van der Waals surface area contributed by atoms with Gasteiger partial charge in [0.05, 0.1) is 5.69 Å². The number of H-pyrrole nitrogens is 1. The van der Waals surface area contributed by atoms with E-state index in [2.05, 4.69) is 11.9 Å². The van der Waals surface area contributed by atoms with Gasteiger partial charge in [-0.05, 0) is 25.0 Å². The summed E-state index contributed by atoms with van der Waals surface area (Å²) in [6.45, 7) is 2.25. The zero-order valence-electron chi connectivity index (χ0n) is 14.0. The van der Waals surface area contributed by atoms with Crippen molar-refractivity contribution in [1.82, 2.24) is 4.98 Å². The Morgan fingerprint density at radius 2 is 1.43 bits per heavy atom. The Balaban J connectivity index is 2.08. The van der Waals surface area contributed by atoms with E-state index < -0.39 is 9.58 Å². The van der Waals surface area contributed by atoms with E-state index in [0.717, 1.165) is 18.5 Å². The van der Waals surface area contributed by atoms with Crippen molar-refractivity contribution < 1.29 is 4.79 Å². The molecule has 0 aliphatic rings. The van der Waals surface area contributed by atoms with Crippen molar-refractivity contribution >= 4 is 40.6 Å². The second kappa shape index (κ2) is 11.4. The van der Waals surface area contributed by atoms with Gasteiger partial charge in [-0.3, -0.25) is 4.79 Å². The van der Waals surface area contributed by atoms with Crippen LogP contribution in [-0.2, 0) is 6.42 Å². The molecular formula is C18H28Cl3NO. The van der Waals surface area contributed by atoms with Gasteiger partial charge in [0.1, 0.15) is 0 Å². The van der Waals surface area contributed by atoms with Crippen LogP contribution in [0.3, 0.4) is 0 Å². The molecular weight excluding hydrogens is 353 g/mol. The summed E-state index contributed by atoms with van der Waals surface area (Å²) in [5.74, 6) is -0.503. The van der Waals surface area contributed by atoms with Gasteiger partial charge < -0.3 is 4.98 Å². The summed E-state index contributed by atoms with van der Waals surface area (Å²) in [5.41, 5.74) is 1.40. The highest BCUT2D eigenvalue weighted by molar-refractivity contribution is 6.77. The van der Waals surface area contributed by atoms with E-state index in [0.29, 0.717) is 5.69 Å². The normalized spacial score (nSPS) is 11.8. The van der Waals surface area contributed by atoms with Crippen LogP contribution >= 0.6 is 34.8 Å². The van der Waals surface area contributed by atoms with Crippen LogP contribution in [0.2, 0.25) is 0 Å². The van der Waals surface area contributed by atoms with Crippen LogP contribution in [0.4, 0.5) is 0 Å². The number of hydrogen-bond acceptors (Lipinski definition) is 1. The molecule has 0 atom stereocenters. The number of aromatic nitrogens is 1. The standard InChI is InChI=1S/C18H28Cl3NO/c1-2-3-4-5-6-7-8-9-10-11-12-15-13-14-16(22-15)17(23)18(19,20)21/h13-14,22H,2-12H2,1H3. The predicted molar refractivity (Wildman–Crippen MR) is 101 cm³/mol. The molecule has 5 heteroatoms. The van der Waals surface area contributed by atoms with Crippen LogP contribution in [0.15, 0.2) is 12.1 Å². The van der Waals surface area contributed by atoms with E-state index in [-0.39, 0.29) is 0 Å². The average Bonchev–Trinajstić information content (AvgIpc) is 2.96. The lowest BCUT2D eigenvalue weighted by atomic mass is 10.1. The minimum Gasteiger partial charge on any atom is -0.356 e. The number of carbonyl (C=O) groups excluding carboxylic acids is 1. The highest BCUT2D eigenvalue weighted by Gasteiger charge is 2.32. The van der Waals surface area contributed by atoms with E-state index in [1.165, 1.54) is 57.8 Å². The smallest absolute Gasteiger partial charge is 0.254 e. The van der Waals surface area contributed by atoms with Gasteiger partial charge in [-0.15, -0.1) is 0 Å². The number of nitrogens with one attached hydrogen (secondary N) is 1. The molecule has 0 aromatic carbocycles. The fraction of sp³-hybridized carbons (Fsp3) is 0.722. The quantitative estimate of drug-likeness (QED) is 0.235. The average molecular weight is 381 g/mol. The first-order chi connectivity index (χ1) is 10.9. The number of alkyl halides is 3. The molecule has 0 spiro atoms. The van der Waals surface area contributed by atoms with E-state index in [9.17, 15) is 4.79 Å². The van der Waals surface area contributed by atoms with Gasteiger partial charge in [0.25, 0.3) is 3.79 Å². The van der Waals surface area contributed by atoms with Crippen LogP contribution in [0.25, 0.3) is 0 Å². The fourth-order valence-corrected chi connectivity index (χ4v) is 2.98. The van der Waals surface area contributed by atoms with E-state index in [1.807, 2.05) is 6.07 Å². The maximum absolute atomic E-state index is 11.8. The largest absolute Gasteiger partial charge is 0.356 e. The van der Waals surface area contributed by atoms with Gasteiger partial charge in [0, 0.05) is 5.69 Å². The summed E-state index contributed by atoms with van der Waals surface area (Å²) < 4.78 is -1.89. The number of halogens is 3. The molecule has 23 heavy (non-hydrogen) atoms. The maximum atomic E-state index is 11.8. The Kier molecular flexibility index (Phi) is 10.3. The third kappa shape index (κ3) is 9.02. The summed E-state index contributed by atoms with van der Waals surface area (Å²) in [4.78, 5) is 14.8. The zero-order chi connectivity index (χ0) is 17.1. The monoisotopic (exact) mass is 379 g/mol. The van der Waals surface area contributed by atoms with Crippen molar-refractivity contribution in [3.63, 3.8) is 0 Å². The first kappa shape index (κ1) is 20.9. The van der Waals surface area contributed by atoms with Crippen molar-refractivity contribution in [2.45, 2.75) is 81.3 Å². The van der Waals surface area contributed by atoms with Crippen molar-refractivity contribution in [3.05, 3.63) is 23.5 Å². The zero-order valence-corrected chi connectivity index (χ0v) is 16.2. The molecule has 132 valence electrons. The Labute approximate surface area is 155 Å². The number of unbranched alkanes of at least 4 members (excludes halogenated alkanes) is 9. The maximum Gasteiger partial charge on any atom is 0.254 e. The number of aromatic amines is 1. The summed E-state index contributed by atoms with van der Waals surface area (Å²) in [5, 5.41) is 0. The molecule has 1 heterocycles.